The lowest BCUT2D eigenvalue weighted by atomic mass is 9.95. The van der Waals surface area contributed by atoms with Gasteiger partial charge in [0.05, 0.1) is 12.3 Å². The fraction of sp³-hybridized carbons (Fsp3) is 0.125. The van der Waals surface area contributed by atoms with Crippen LogP contribution < -0.4 is 10.5 Å². The predicted molar refractivity (Wildman–Crippen MR) is 112 cm³/mol. The molecule has 1 heterocycles. The van der Waals surface area contributed by atoms with Crippen molar-refractivity contribution >= 4 is 11.4 Å². The summed E-state index contributed by atoms with van der Waals surface area (Å²) in [4.78, 5) is 4.40. The second-order valence-corrected chi connectivity index (χ2v) is 6.54. The summed E-state index contributed by atoms with van der Waals surface area (Å²) in [5.74, 6) is 0.942. The van der Waals surface area contributed by atoms with Crippen molar-refractivity contribution in [2.45, 2.75) is 6.42 Å². The topological polar surface area (TPSA) is 47.6 Å². The number of aliphatic imine (C=N–C) groups is 1. The second-order valence-electron chi connectivity index (χ2n) is 6.54. The largest absolute Gasteiger partial charge is 0.493 e. The molecule has 3 heteroatoms. The van der Waals surface area contributed by atoms with Gasteiger partial charge in [0.15, 0.2) is 0 Å². The molecular formula is C24H22N2O. The Labute approximate surface area is 159 Å². The minimum absolute atomic E-state index is 0.669. The van der Waals surface area contributed by atoms with Gasteiger partial charge >= 0.3 is 0 Å². The Hall–Kier alpha value is -3.33. The molecule has 3 aromatic carbocycles. The van der Waals surface area contributed by atoms with Crippen LogP contribution in [0.25, 0.3) is 16.8 Å². The lowest BCUT2D eigenvalue weighted by molar-refractivity contribution is 0.326. The third-order valence-corrected chi connectivity index (χ3v) is 4.85. The van der Waals surface area contributed by atoms with Gasteiger partial charge in [-0.2, -0.15) is 0 Å². The number of benzene rings is 3. The first kappa shape index (κ1) is 17.1. The fourth-order valence-electron chi connectivity index (χ4n) is 3.45. The van der Waals surface area contributed by atoms with E-state index in [-0.39, 0.29) is 0 Å². The molecule has 134 valence electrons. The molecule has 0 unspecified atom stereocenters. The molecular weight excluding hydrogens is 332 g/mol. The molecule has 0 saturated carbocycles. The number of nitrogens with zero attached hydrogens (tertiary/aromatic N) is 1. The maximum absolute atomic E-state index is 6.42. The van der Waals surface area contributed by atoms with Gasteiger partial charge in [0.1, 0.15) is 5.75 Å². The van der Waals surface area contributed by atoms with E-state index in [0.717, 1.165) is 34.6 Å². The van der Waals surface area contributed by atoms with Crippen LogP contribution in [0, 0.1) is 0 Å². The quantitative estimate of drug-likeness (QED) is 0.693. The zero-order valence-electron chi connectivity index (χ0n) is 15.4. The minimum atomic E-state index is 0.669. The number of hydrogen-bond acceptors (Lipinski definition) is 3. The van der Waals surface area contributed by atoms with Crippen molar-refractivity contribution in [3.05, 3.63) is 95.6 Å². The summed E-state index contributed by atoms with van der Waals surface area (Å²) in [6.45, 7) is 0.669. The lowest BCUT2D eigenvalue weighted by Gasteiger charge is -2.11. The van der Waals surface area contributed by atoms with Crippen LogP contribution in [0.15, 0.2) is 83.9 Å². The van der Waals surface area contributed by atoms with E-state index in [1.165, 1.54) is 11.1 Å². The van der Waals surface area contributed by atoms with Gasteiger partial charge in [0.25, 0.3) is 0 Å². The Morgan fingerprint density at radius 2 is 1.70 bits per heavy atom. The first-order chi connectivity index (χ1) is 13.3. The van der Waals surface area contributed by atoms with Crippen molar-refractivity contribution in [1.82, 2.24) is 0 Å². The smallest absolute Gasteiger partial charge is 0.127 e. The van der Waals surface area contributed by atoms with Gasteiger partial charge < -0.3 is 10.5 Å². The maximum atomic E-state index is 6.42. The van der Waals surface area contributed by atoms with Crippen LogP contribution in [-0.4, -0.2) is 19.4 Å². The van der Waals surface area contributed by atoms with Crippen LogP contribution >= 0.6 is 0 Å². The van der Waals surface area contributed by atoms with E-state index in [1.54, 1.807) is 7.05 Å². The SMILES string of the molecule is CN=C(C=C(N)c1ccc2c(c1)CCOc1ccccc1-2)c1ccccc1. The minimum Gasteiger partial charge on any atom is -0.493 e. The predicted octanol–water partition coefficient (Wildman–Crippen LogP) is 4.71. The van der Waals surface area contributed by atoms with E-state index in [9.17, 15) is 0 Å². The van der Waals surface area contributed by atoms with Crippen molar-refractivity contribution in [2.75, 3.05) is 13.7 Å². The van der Waals surface area contributed by atoms with Crippen molar-refractivity contribution in [3.8, 4) is 16.9 Å². The number of para-hydroxylation sites is 1. The molecule has 4 rings (SSSR count). The van der Waals surface area contributed by atoms with E-state index in [2.05, 4.69) is 29.3 Å². The van der Waals surface area contributed by atoms with Crippen molar-refractivity contribution in [2.24, 2.45) is 10.7 Å². The van der Waals surface area contributed by atoms with E-state index >= 15 is 0 Å². The first-order valence-corrected chi connectivity index (χ1v) is 9.11. The molecule has 0 spiro atoms. The maximum Gasteiger partial charge on any atom is 0.127 e. The molecule has 3 nitrogen and oxygen atoms in total. The Kier molecular flexibility index (Phi) is 4.75. The molecule has 0 radical (unpaired) electrons. The molecule has 0 amide bonds. The Morgan fingerprint density at radius 1 is 0.926 bits per heavy atom. The third kappa shape index (κ3) is 3.49. The number of fused-ring (bicyclic) bond motifs is 3. The molecule has 0 fully saturated rings. The highest BCUT2D eigenvalue weighted by molar-refractivity contribution is 6.12. The summed E-state index contributed by atoms with van der Waals surface area (Å²) >= 11 is 0. The van der Waals surface area contributed by atoms with Gasteiger partial charge in [0.2, 0.25) is 0 Å². The summed E-state index contributed by atoms with van der Waals surface area (Å²) < 4.78 is 5.91. The van der Waals surface area contributed by atoms with Crippen LogP contribution in [0.3, 0.4) is 0 Å². The third-order valence-electron chi connectivity index (χ3n) is 4.85. The van der Waals surface area contributed by atoms with Crippen LogP contribution in [0.5, 0.6) is 5.75 Å². The molecule has 1 aliphatic rings. The molecule has 0 atom stereocenters. The second kappa shape index (κ2) is 7.50. The lowest BCUT2D eigenvalue weighted by Crippen LogP contribution is -2.05. The monoisotopic (exact) mass is 354 g/mol. The van der Waals surface area contributed by atoms with Gasteiger partial charge in [0, 0.05) is 24.7 Å². The summed E-state index contributed by atoms with van der Waals surface area (Å²) in [6.07, 6.45) is 2.80. The molecule has 1 aliphatic heterocycles. The average Bonchev–Trinajstić information content (AvgIpc) is 2.91. The van der Waals surface area contributed by atoms with Gasteiger partial charge in [-0.1, -0.05) is 60.7 Å². The first-order valence-electron chi connectivity index (χ1n) is 9.11. The fourth-order valence-corrected chi connectivity index (χ4v) is 3.45. The van der Waals surface area contributed by atoms with Crippen molar-refractivity contribution in [3.63, 3.8) is 0 Å². The number of hydrogen-bond donors (Lipinski definition) is 1. The van der Waals surface area contributed by atoms with Crippen LogP contribution in [0.1, 0.15) is 16.7 Å². The zero-order chi connectivity index (χ0) is 18.6. The number of ether oxygens (including phenoxy) is 1. The molecule has 0 saturated heterocycles. The normalized spacial score (nSPS) is 14.0. The van der Waals surface area contributed by atoms with Crippen LogP contribution in [0.2, 0.25) is 0 Å². The van der Waals surface area contributed by atoms with Crippen molar-refractivity contribution in [1.29, 1.82) is 0 Å². The zero-order valence-corrected chi connectivity index (χ0v) is 15.4. The molecule has 0 aliphatic carbocycles. The average molecular weight is 354 g/mol. The molecule has 2 N–H and O–H groups in total. The standard InChI is InChI=1S/C24H22N2O/c1-26-23(17-7-3-2-4-8-17)16-22(25)19-11-12-20-18(15-19)13-14-27-24-10-6-5-9-21(20)24/h2-12,15-16H,13-14,25H2,1H3. The summed E-state index contributed by atoms with van der Waals surface area (Å²) in [6, 6.07) is 24.7. The van der Waals surface area contributed by atoms with Crippen LogP contribution in [-0.2, 0) is 6.42 Å². The highest BCUT2D eigenvalue weighted by Crippen LogP contribution is 2.36. The summed E-state index contributed by atoms with van der Waals surface area (Å²) in [5.41, 5.74) is 13.7. The Bertz CT molecular complexity index is 1020. The van der Waals surface area contributed by atoms with Gasteiger partial charge in [-0.15, -0.1) is 0 Å². The van der Waals surface area contributed by atoms with E-state index in [0.29, 0.717) is 12.3 Å². The van der Waals surface area contributed by atoms with E-state index < -0.39 is 0 Å². The summed E-state index contributed by atoms with van der Waals surface area (Å²) in [5, 5.41) is 0. The molecule has 0 bridgehead atoms. The molecule has 3 aromatic rings. The molecule has 0 aromatic heterocycles. The van der Waals surface area contributed by atoms with E-state index in [4.69, 9.17) is 10.5 Å². The van der Waals surface area contributed by atoms with Gasteiger partial charge in [-0.05, 0) is 40.5 Å². The Morgan fingerprint density at radius 3 is 2.52 bits per heavy atom. The highest BCUT2D eigenvalue weighted by Gasteiger charge is 2.15. The Balaban J connectivity index is 1.71. The highest BCUT2D eigenvalue weighted by atomic mass is 16.5. The molecule has 27 heavy (non-hydrogen) atoms. The summed E-state index contributed by atoms with van der Waals surface area (Å²) in [7, 11) is 1.79. The number of nitrogens with two attached hydrogens (primary N) is 1. The number of allylic oxidation sites excluding steroid dienone is 1. The van der Waals surface area contributed by atoms with E-state index in [1.807, 2.05) is 54.6 Å². The van der Waals surface area contributed by atoms with Crippen LogP contribution in [0.4, 0.5) is 0 Å². The van der Waals surface area contributed by atoms with Crippen molar-refractivity contribution < 1.29 is 4.74 Å². The van der Waals surface area contributed by atoms with Gasteiger partial charge in [-0.3, -0.25) is 4.99 Å². The van der Waals surface area contributed by atoms with Gasteiger partial charge in [-0.25, -0.2) is 0 Å². The number of rotatable bonds is 3.